The summed E-state index contributed by atoms with van der Waals surface area (Å²) in [6.07, 6.45) is 0.482. The molecule has 0 N–H and O–H groups in total. The molecule has 0 fully saturated rings. The second-order valence-electron chi connectivity index (χ2n) is 8.60. The number of hydrogen-bond donors (Lipinski definition) is 0. The molecule has 0 saturated carbocycles. The summed E-state index contributed by atoms with van der Waals surface area (Å²) in [5.41, 5.74) is -1.09. The van der Waals surface area contributed by atoms with E-state index in [1.807, 2.05) is 13.8 Å². The van der Waals surface area contributed by atoms with Gasteiger partial charge in [0.25, 0.3) is 11.8 Å². The summed E-state index contributed by atoms with van der Waals surface area (Å²) in [7, 11) is 1.61. The normalized spacial score (nSPS) is 19.3. The van der Waals surface area contributed by atoms with Crippen molar-refractivity contribution in [2.24, 2.45) is 0 Å². The maximum atomic E-state index is 14.0. The Morgan fingerprint density at radius 2 is 1.88 bits per heavy atom. The second-order valence-corrected chi connectivity index (χ2v) is 8.60. The number of fused-ring (bicyclic) bond motifs is 5. The number of amides is 2. The number of benzene rings is 2. The second kappa shape index (κ2) is 7.52. The van der Waals surface area contributed by atoms with Crippen molar-refractivity contribution in [2.45, 2.75) is 31.9 Å². The van der Waals surface area contributed by atoms with Gasteiger partial charge >= 0.3 is 0 Å². The van der Waals surface area contributed by atoms with Crippen molar-refractivity contribution < 1.29 is 23.1 Å². The Morgan fingerprint density at radius 1 is 1.12 bits per heavy atom. The summed E-state index contributed by atoms with van der Waals surface area (Å²) in [5.74, 6) is -1.76. The lowest BCUT2D eigenvalue weighted by Crippen LogP contribution is -2.53. The van der Waals surface area contributed by atoms with E-state index in [4.69, 9.17) is 9.15 Å². The highest BCUT2D eigenvalue weighted by Gasteiger charge is 2.64. The average molecular weight is 450 g/mol. The van der Waals surface area contributed by atoms with Crippen LogP contribution in [-0.4, -0.2) is 43.0 Å². The number of para-hydroxylation sites is 1. The Labute approximate surface area is 189 Å². The fourth-order valence-corrected chi connectivity index (χ4v) is 4.91. The van der Waals surface area contributed by atoms with Crippen LogP contribution in [0.25, 0.3) is 11.0 Å². The van der Waals surface area contributed by atoms with Gasteiger partial charge in [0, 0.05) is 31.5 Å². The number of nitrogens with zero attached hydrogens (tertiary/aromatic N) is 2. The number of likely N-dealkylation sites (N-methyl/N-ethyl adjacent to an activating group) is 1. The van der Waals surface area contributed by atoms with Crippen LogP contribution < -0.4 is 10.3 Å². The molecule has 2 aromatic carbocycles. The summed E-state index contributed by atoms with van der Waals surface area (Å²) in [6, 6.07) is 10.6. The van der Waals surface area contributed by atoms with E-state index in [2.05, 4.69) is 0 Å². The number of ether oxygens (including phenoxy) is 1. The molecule has 7 nitrogen and oxygen atoms in total. The first kappa shape index (κ1) is 21.3. The molecule has 2 aliphatic heterocycles. The standard InChI is InChI=1S/C25H23FN2O5/c1-14(2)32-12-6-11-28-23(30)22-20(21(29)16-13-15(26)9-10-19(16)33-22)25(28)17-7-4-5-8-18(17)27(3)24(25)31/h4-5,7-10,13-14H,6,11-12H2,1-3H3/t25-/m0/s1. The highest BCUT2D eigenvalue weighted by Crippen LogP contribution is 2.52. The smallest absolute Gasteiger partial charge is 0.291 e. The van der Waals surface area contributed by atoms with Crippen LogP contribution in [0.2, 0.25) is 0 Å². The Morgan fingerprint density at radius 3 is 2.64 bits per heavy atom. The predicted molar refractivity (Wildman–Crippen MR) is 120 cm³/mol. The van der Waals surface area contributed by atoms with E-state index >= 15 is 0 Å². The molecule has 0 saturated heterocycles. The molecule has 0 aliphatic carbocycles. The summed E-state index contributed by atoms with van der Waals surface area (Å²) >= 11 is 0. The first-order chi connectivity index (χ1) is 15.8. The minimum Gasteiger partial charge on any atom is -0.450 e. The van der Waals surface area contributed by atoms with E-state index < -0.39 is 28.6 Å². The Kier molecular flexibility index (Phi) is 4.86. The zero-order chi connectivity index (χ0) is 23.5. The molecule has 1 aromatic heterocycles. The maximum Gasteiger partial charge on any atom is 0.291 e. The van der Waals surface area contributed by atoms with Gasteiger partial charge in [-0.25, -0.2) is 4.39 Å². The van der Waals surface area contributed by atoms with Crippen molar-refractivity contribution in [1.82, 2.24) is 4.90 Å². The van der Waals surface area contributed by atoms with Crippen LogP contribution in [0.4, 0.5) is 10.1 Å². The van der Waals surface area contributed by atoms with Crippen molar-refractivity contribution >= 4 is 28.5 Å². The number of carbonyl (C=O) groups is 2. The minimum atomic E-state index is -1.67. The van der Waals surface area contributed by atoms with E-state index in [1.165, 1.54) is 15.9 Å². The quantitative estimate of drug-likeness (QED) is 0.557. The number of carbonyl (C=O) groups excluding carboxylic acids is 2. The minimum absolute atomic E-state index is 0.00856. The van der Waals surface area contributed by atoms with Crippen LogP contribution >= 0.6 is 0 Å². The molecule has 3 heterocycles. The molecule has 0 unspecified atom stereocenters. The van der Waals surface area contributed by atoms with Crippen LogP contribution in [0.1, 0.15) is 41.9 Å². The number of halogens is 1. The van der Waals surface area contributed by atoms with Crippen LogP contribution in [0.3, 0.4) is 0 Å². The first-order valence-electron chi connectivity index (χ1n) is 10.9. The lowest BCUT2D eigenvalue weighted by molar-refractivity contribution is -0.125. The van der Waals surface area contributed by atoms with Gasteiger partial charge in [0.2, 0.25) is 5.76 Å². The molecule has 2 aliphatic rings. The topological polar surface area (TPSA) is 80.1 Å². The third kappa shape index (κ3) is 2.87. The maximum absolute atomic E-state index is 14.0. The highest BCUT2D eigenvalue weighted by molar-refractivity contribution is 6.16. The van der Waals surface area contributed by atoms with Gasteiger partial charge in [-0.2, -0.15) is 0 Å². The van der Waals surface area contributed by atoms with Crippen molar-refractivity contribution in [1.29, 1.82) is 0 Å². The van der Waals surface area contributed by atoms with Crippen LogP contribution in [0.5, 0.6) is 0 Å². The molecular weight excluding hydrogens is 427 g/mol. The van der Waals surface area contributed by atoms with E-state index in [0.29, 0.717) is 24.3 Å². The molecule has 170 valence electrons. The molecule has 33 heavy (non-hydrogen) atoms. The van der Waals surface area contributed by atoms with Crippen LogP contribution in [0, 0.1) is 5.82 Å². The van der Waals surface area contributed by atoms with E-state index in [9.17, 15) is 18.8 Å². The average Bonchev–Trinajstić information content (AvgIpc) is 3.17. The third-order valence-electron chi connectivity index (χ3n) is 6.31. The largest absolute Gasteiger partial charge is 0.450 e. The Hall–Kier alpha value is -3.52. The predicted octanol–water partition coefficient (Wildman–Crippen LogP) is 3.42. The molecule has 0 bridgehead atoms. The van der Waals surface area contributed by atoms with Crippen molar-refractivity contribution in [3.05, 3.63) is 75.4 Å². The fourth-order valence-electron chi connectivity index (χ4n) is 4.91. The van der Waals surface area contributed by atoms with Gasteiger partial charge in [-0.05, 0) is 44.5 Å². The molecule has 3 aromatic rings. The lowest BCUT2D eigenvalue weighted by Gasteiger charge is -2.34. The van der Waals surface area contributed by atoms with E-state index in [0.717, 1.165) is 12.1 Å². The molecule has 5 rings (SSSR count). The zero-order valence-corrected chi connectivity index (χ0v) is 18.6. The van der Waals surface area contributed by atoms with Gasteiger partial charge in [0.1, 0.15) is 11.4 Å². The van der Waals surface area contributed by atoms with Crippen molar-refractivity contribution in [3.8, 4) is 0 Å². The van der Waals surface area contributed by atoms with Gasteiger partial charge in [-0.3, -0.25) is 14.4 Å². The zero-order valence-electron chi connectivity index (χ0n) is 18.6. The monoisotopic (exact) mass is 450 g/mol. The third-order valence-corrected chi connectivity index (χ3v) is 6.31. The van der Waals surface area contributed by atoms with Gasteiger partial charge < -0.3 is 19.0 Å². The Balaban J connectivity index is 1.77. The SMILES string of the molecule is CC(C)OCCCN1C(=O)c2oc3ccc(F)cc3c(=O)c2[C@@]12C(=O)N(C)c1ccccc12. The van der Waals surface area contributed by atoms with Crippen LogP contribution in [0.15, 0.2) is 51.7 Å². The highest BCUT2D eigenvalue weighted by atomic mass is 19.1. The molecule has 2 amide bonds. The molecular formula is C25H23FN2O5. The lowest BCUT2D eigenvalue weighted by atomic mass is 9.84. The molecule has 1 atom stereocenters. The van der Waals surface area contributed by atoms with Crippen LogP contribution in [-0.2, 0) is 15.1 Å². The van der Waals surface area contributed by atoms with Gasteiger partial charge in [-0.1, -0.05) is 18.2 Å². The number of hydrogen-bond acceptors (Lipinski definition) is 5. The molecule has 1 spiro atoms. The summed E-state index contributed by atoms with van der Waals surface area (Å²) in [4.78, 5) is 44.0. The molecule has 8 heteroatoms. The van der Waals surface area contributed by atoms with Gasteiger partial charge in [-0.15, -0.1) is 0 Å². The first-order valence-corrected chi connectivity index (χ1v) is 10.9. The molecule has 0 radical (unpaired) electrons. The van der Waals surface area contributed by atoms with Crippen molar-refractivity contribution in [2.75, 3.05) is 25.1 Å². The van der Waals surface area contributed by atoms with E-state index in [-0.39, 0.29) is 34.9 Å². The number of anilines is 1. The van der Waals surface area contributed by atoms with Crippen molar-refractivity contribution in [3.63, 3.8) is 0 Å². The summed E-state index contributed by atoms with van der Waals surface area (Å²) < 4.78 is 25.5. The summed E-state index contributed by atoms with van der Waals surface area (Å²) in [6.45, 7) is 4.39. The number of rotatable bonds is 5. The summed E-state index contributed by atoms with van der Waals surface area (Å²) in [5, 5.41) is -0.00856. The fraction of sp³-hybridized carbons (Fsp3) is 0.320. The van der Waals surface area contributed by atoms with Gasteiger partial charge in [0.15, 0.2) is 11.0 Å². The van der Waals surface area contributed by atoms with Gasteiger partial charge in [0.05, 0.1) is 17.1 Å². The Bertz CT molecular complexity index is 1360. The van der Waals surface area contributed by atoms with E-state index in [1.54, 1.807) is 31.3 Å².